The molecule has 1 N–H and O–H groups in total. The first kappa shape index (κ1) is 19.1. The first-order chi connectivity index (χ1) is 12.9. The van der Waals surface area contributed by atoms with Gasteiger partial charge in [-0.05, 0) is 49.4 Å². The van der Waals surface area contributed by atoms with Crippen LogP contribution < -0.4 is 15.0 Å². The Morgan fingerprint density at radius 1 is 1.22 bits per heavy atom. The van der Waals surface area contributed by atoms with Crippen LogP contribution in [0.2, 0.25) is 0 Å². The molecule has 1 aliphatic carbocycles. The van der Waals surface area contributed by atoms with E-state index in [0.717, 1.165) is 24.1 Å². The van der Waals surface area contributed by atoms with Crippen molar-refractivity contribution in [3.05, 3.63) is 47.7 Å². The zero-order valence-corrected chi connectivity index (χ0v) is 15.6. The Labute approximate surface area is 157 Å². The maximum absolute atomic E-state index is 13.0. The first-order valence-electron chi connectivity index (χ1n) is 8.98. The molecule has 0 atom stereocenters. The number of aryl methyl sites for hydroxylation is 1. The third kappa shape index (κ3) is 4.53. The van der Waals surface area contributed by atoms with Crippen molar-refractivity contribution in [3.63, 3.8) is 0 Å². The normalized spacial score (nSPS) is 13.7. The molecule has 0 bridgehead atoms. The van der Waals surface area contributed by atoms with E-state index in [4.69, 9.17) is 0 Å². The number of alkyl halides is 2. The van der Waals surface area contributed by atoms with Crippen LogP contribution in [0.4, 0.5) is 25.0 Å². The van der Waals surface area contributed by atoms with Gasteiger partial charge in [0.05, 0.1) is 0 Å². The summed E-state index contributed by atoms with van der Waals surface area (Å²) in [5.74, 6) is -0.0414. The fourth-order valence-corrected chi connectivity index (χ4v) is 2.98. The van der Waals surface area contributed by atoms with E-state index in [9.17, 15) is 13.6 Å². The van der Waals surface area contributed by atoms with Gasteiger partial charge in [0.2, 0.25) is 5.88 Å². The molecule has 1 fully saturated rings. The second-order valence-electron chi connectivity index (χ2n) is 6.93. The monoisotopic (exact) mass is 375 g/mol. The second-order valence-corrected chi connectivity index (χ2v) is 6.93. The van der Waals surface area contributed by atoms with Crippen LogP contribution in [0.25, 0.3) is 0 Å². The molecule has 2 aromatic rings. The minimum atomic E-state index is -3.02. The number of rotatable bonds is 6. The number of nitrogens with one attached hydrogen (secondary N) is 1. The minimum Gasteiger partial charge on any atom is -0.415 e. The van der Waals surface area contributed by atoms with Crippen LogP contribution in [0.1, 0.15) is 43.9 Å². The number of para-hydroxylation sites is 1. The van der Waals surface area contributed by atoms with Crippen molar-refractivity contribution in [1.82, 2.24) is 4.98 Å². The maximum atomic E-state index is 13.0. The van der Waals surface area contributed by atoms with Crippen LogP contribution in [-0.2, 0) is 0 Å². The molecule has 0 radical (unpaired) electrons. The van der Waals surface area contributed by atoms with Crippen molar-refractivity contribution < 1.29 is 18.3 Å². The summed E-state index contributed by atoms with van der Waals surface area (Å²) in [6.07, 6.45) is 1.82. The van der Waals surface area contributed by atoms with Crippen molar-refractivity contribution in [2.24, 2.45) is 0 Å². The number of urea groups is 1. The number of pyridine rings is 1. The average molecular weight is 375 g/mol. The van der Waals surface area contributed by atoms with E-state index in [2.05, 4.69) is 28.9 Å². The highest BCUT2D eigenvalue weighted by molar-refractivity contribution is 6.03. The molecule has 1 aliphatic rings. The van der Waals surface area contributed by atoms with Crippen molar-refractivity contribution >= 4 is 17.4 Å². The lowest BCUT2D eigenvalue weighted by Crippen LogP contribution is -2.37. The molecule has 2 amide bonds. The van der Waals surface area contributed by atoms with Gasteiger partial charge in [0.25, 0.3) is 0 Å². The number of hydrogen-bond acceptors (Lipinski definition) is 3. The quantitative estimate of drug-likeness (QED) is 0.744. The summed E-state index contributed by atoms with van der Waals surface area (Å²) < 4.78 is 29.8. The van der Waals surface area contributed by atoms with Crippen molar-refractivity contribution in [2.45, 2.75) is 52.2 Å². The Kier molecular flexibility index (Phi) is 5.58. The molecule has 1 aromatic carbocycles. The summed E-state index contributed by atoms with van der Waals surface area (Å²) in [5, 5.41) is 2.70. The Bertz CT molecular complexity index is 823. The molecule has 144 valence electrons. The highest BCUT2D eigenvalue weighted by Crippen LogP contribution is 2.37. The number of benzene rings is 1. The van der Waals surface area contributed by atoms with E-state index in [1.807, 2.05) is 24.3 Å². The zero-order chi connectivity index (χ0) is 19.6. The van der Waals surface area contributed by atoms with E-state index in [1.54, 1.807) is 17.9 Å². The summed E-state index contributed by atoms with van der Waals surface area (Å²) in [5.41, 5.74) is 2.54. The standard InChI is InChI=1S/C20H23F2N3O2/c1-12(2)15-6-4-5-7-17(15)25(14-9-10-14)20(26)24-16-11-8-13(3)23-18(16)27-19(21)22/h4-8,11-12,14,19H,9-10H2,1-3H3,(H,24,26). The maximum Gasteiger partial charge on any atom is 0.388 e. The van der Waals surface area contributed by atoms with Gasteiger partial charge >= 0.3 is 12.6 Å². The predicted octanol–water partition coefficient (Wildman–Crippen LogP) is 5.32. The number of amides is 2. The number of hydrogen-bond donors (Lipinski definition) is 1. The number of carbonyl (C=O) groups is 1. The topological polar surface area (TPSA) is 54.5 Å². The lowest BCUT2D eigenvalue weighted by Gasteiger charge is -2.27. The van der Waals surface area contributed by atoms with Gasteiger partial charge in [-0.15, -0.1) is 0 Å². The summed E-state index contributed by atoms with van der Waals surface area (Å²) in [4.78, 5) is 18.7. The molecular formula is C20H23F2N3O2. The lowest BCUT2D eigenvalue weighted by molar-refractivity contribution is -0.0523. The molecule has 7 heteroatoms. The smallest absolute Gasteiger partial charge is 0.388 e. The van der Waals surface area contributed by atoms with Gasteiger partial charge in [0.15, 0.2) is 0 Å². The lowest BCUT2D eigenvalue weighted by atomic mass is 10.0. The van der Waals surface area contributed by atoms with Gasteiger partial charge in [0.1, 0.15) is 5.69 Å². The Balaban J connectivity index is 1.90. The Hall–Kier alpha value is -2.70. The molecule has 3 rings (SSSR count). The largest absolute Gasteiger partial charge is 0.415 e. The van der Waals surface area contributed by atoms with Crippen LogP contribution in [-0.4, -0.2) is 23.7 Å². The van der Waals surface area contributed by atoms with Gasteiger partial charge < -0.3 is 10.1 Å². The highest BCUT2D eigenvalue weighted by atomic mass is 19.3. The van der Waals surface area contributed by atoms with Crippen LogP contribution in [0.5, 0.6) is 5.88 Å². The van der Waals surface area contributed by atoms with E-state index >= 15 is 0 Å². The first-order valence-corrected chi connectivity index (χ1v) is 8.98. The average Bonchev–Trinajstić information content (AvgIpc) is 3.42. The molecule has 0 aliphatic heterocycles. The van der Waals surface area contributed by atoms with Gasteiger partial charge in [-0.3, -0.25) is 4.90 Å². The van der Waals surface area contributed by atoms with Gasteiger partial charge in [0, 0.05) is 17.4 Å². The number of aromatic nitrogens is 1. The Morgan fingerprint density at radius 3 is 2.56 bits per heavy atom. The fraction of sp³-hybridized carbons (Fsp3) is 0.400. The summed E-state index contributed by atoms with van der Waals surface area (Å²) >= 11 is 0. The fourth-order valence-electron chi connectivity index (χ4n) is 2.98. The number of ether oxygens (including phenoxy) is 1. The Morgan fingerprint density at radius 2 is 1.93 bits per heavy atom. The molecular weight excluding hydrogens is 352 g/mol. The molecule has 27 heavy (non-hydrogen) atoms. The summed E-state index contributed by atoms with van der Waals surface area (Å²) in [6, 6.07) is 10.6. The van der Waals surface area contributed by atoms with Crippen LogP contribution in [0.15, 0.2) is 36.4 Å². The van der Waals surface area contributed by atoms with E-state index in [0.29, 0.717) is 5.69 Å². The van der Waals surface area contributed by atoms with Gasteiger partial charge in [-0.25, -0.2) is 9.78 Å². The second kappa shape index (κ2) is 7.90. The predicted molar refractivity (Wildman–Crippen MR) is 101 cm³/mol. The third-order valence-electron chi connectivity index (χ3n) is 4.39. The molecule has 0 saturated heterocycles. The van der Waals surface area contributed by atoms with Crippen molar-refractivity contribution in [1.29, 1.82) is 0 Å². The van der Waals surface area contributed by atoms with Crippen LogP contribution in [0.3, 0.4) is 0 Å². The van der Waals surface area contributed by atoms with Crippen LogP contribution >= 0.6 is 0 Å². The SMILES string of the molecule is Cc1ccc(NC(=O)N(c2ccccc2C(C)C)C2CC2)c(OC(F)F)n1. The van der Waals surface area contributed by atoms with Gasteiger partial charge in [-0.1, -0.05) is 32.0 Å². The summed E-state index contributed by atoms with van der Waals surface area (Å²) in [6.45, 7) is 2.79. The molecule has 5 nitrogen and oxygen atoms in total. The number of anilines is 2. The van der Waals surface area contributed by atoms with E-state index < -0.39 is 6.61 Å². The summed E-state index contributed by atoms with van der Waals surface area (Å²) in [7, 11) is 0. The molecule has 1 saturated carbocycles. The zero-order valence-electron chi connectivity index (χ0n) is 15.6. The highest BCUT2D eigenvalue weighted by Gasteiger charge is 2.35. The van der Waals surface area contributed by atoms with Crippen molar-refractivity contribution in [2.75, 3.05) is 10.2 Å². The number of nitrogens with zero attached hydrogens (tertiary/aromatic N) is 2. The molecule has 0 unspecified atom stereocenters. The van der Waals surface area contributed by atoms with E-state index in [1.165, 1.54) is 6.07 Å². The molecule has 0 spiro atoms. The number of carbonyl (C=O) groups excluding carboxylic acids is 1. The number of halogens is 2. The van der Waals surface area contributed by atoms with Crippen molar-refractivity contribution in [3.8, 4) is 5.88 Å². The molecule has 1 heterocycles. The minimum absolute atomic E-state index is 0.0998. The third-order valence-corrected chi connectivity index (χ3v) is 4.39. The van der Waals surface area contributed by atoms with Crippen LogP contribution in [0, 0.1) is 6.92 Å². The van der Waals surface area contributed by atoms with Gasteiger partial charge in [-0.2, -0.15) is 8.78 Å². The van der Waals surface area contributed by atoms with E-state index in [-0.39, 0.29) is 29.6 Å². The molecule has 1 aromatic heterocycles.